The van der Waals surface area contributed by atoms with Crippen molar-refractivity contribution in [3.05, 3.63) is 97.8 Å². The summed E-state index contributed by atoms with van der Waals surface area (Å²) < 4.78 is 1.69. The second-order valence-corrected chi connectivity index (χ2v) is 10.9. The molecule has 38 heavy (non-hydrogen) atoms. The number of nitrogens with one attached hydrogen (secondary N) is 1. The molecule has 0 aliphatic carbocycles. The minimum Gasteiger partial charge on any atom is -0.328 e. The van der Waals surface area contributed by atoms with Crippen molar-refractivity contribution >= 4 is 73.9 Å². The largest absolute Gasteiger partial charge is 0.328 e. The summed E-state index contributed by atoms with van der Waals surface area (Å²) in [4.78, 5) is 33.1. The lowest BCUT2D eigenvalue weighted by atomic mass is 9.99. The third kappa shape index (κ3) is 5.72. The number of rotatable bonds is 7. The third-order valence-corrected chi connectivity index (χ3v) is 6.89. The van der Waals surface area contributed by atoms with Crippen LogP contribution in [0, 0.1) is 0 Å². The lowest BCUT2D eigenvalue weighted by molar-refractivity contribution is 0.0961. The lowest BCUT2D eigenvalue weighted by Crippen LogP contribution is -2.53. The molecule has 0 unspecified atom stereocenters. The zero-order valence-corrected chi connectivity index (χ0v) is 24.1. The summed E-state index contributed by atoms with van der Waals surface area (Å²) in [6.45, 7) is 3.73. The Hall–Kier alpha value is -2.95. The van der Waals surface area contributed by atoms with Gasteiger partial charge in [0.15, 0.2) is 5.82 Å². The first-order valence-electron chi connectivity index (χ1n) is 11.3. The van der Waals surface area contributed by atoms with Crippen LogP contribution in [0.25, 0.3) is 5.82 Å². The average Bonchev–Trinajstić information content (AvgIpc) is 3.28. The number of nitrogens with two attached hydrogens (primary N) is 1. The zero-order chi connectivity index (χ0) is 27.6. The molecular formula is C26H22BrCl3N6O2. The Kier molecular flexibility index (Phi) is 8.44. The molecule has 2 heterocycles. The maximum atomic E-state index is 13.8. The normalized spacial score (nSPS) is 11.3. The van der Waals surface area contributed by atoms with Crippen LogP contribution in [0.15, 0.2) is 71.5 Å². The van der Waals surface area contributed by atoms with Crippen LogP contribution in [-0.4, -0.2) is 38.7 Å². The second kappa shape index (κ2) is 11.4. The van der Waals surface area contributed by atoms with Crippen LogP contribution in [0.3, 0.4) is 0 Å². The number of anilines is 2. The number of carbonyl (C=O) groups excluding carboxylic acids is 2. The Morgan fingerprint density at radius 2 is 1.76 bits per heavy atom. The number of amides is 2. The van der Waals surface area contributed by atoms with Gasteiger partial charge in [-0.2, -0.15) is 5.10 Å². The SMILES string of the molecule is CC(C)(CN)N(C(=O)c1ccccc1)c1cc(Cl)cc(Cl)c1NC(=O)c1cc(Br)nn1-c1ncccc1Cl. The smallest absolute Gasteiger partial charge is 0.274 e. The molecule has 196 valence electrons. The molecule has 0 aliphatic heterocycles. The van der Waals surface area contributed by atoms with Crippen molar-refractivity contribution in [2.45, 2.75) is 19.4 Å². The molecule has 12 heteroatoms. The van der Waals surface area contributed by atoms with Crippen molar-refractivity contribution in [1.82, 2.24) is 14.8 Å². The van der Waals surface area contributed by atoms with Crippen molar-refractivity contribution in [1.29, 1.82) is 0 Å². The van der Waals surface area contributed by atoms with Gasteiger partial charge in [0.2, 0.25) is 0 Å². The first-order valence-corrected chi connectivity index (χ1v) is 13.2. The van der Waals surface area contributed by atoms with Crippen molar-refractivity contribution in [2.75, 3.05) is 16.8 Å². The van der Waals surface area contributed by atoms with Gasteiger partial charge < -0.3 is 11.1 Å². The molecule has 0 saturated heterocycles. The number of aromatic nitrogens is 3. The van der Waals surface area contributed by atoms with Gasteiger partial charge in [-0.05, 0) is 66.2 Å². The fourth-order valence-electron chi connectivity index (χ4n) is 3.76. The maximum absolute atomic E-state index is 13.8. The van der Waals surface area contributed by atoms with Crippen molar-refractivity contribution in [3.8, 4) is 5.82 Å². The van der Waals surface area contributed by atoms with Gasteiger partial charge in [0.05, 0.1) is 27.0 Å². The van der Waals surface area contributed by atoms with Gasteiger partial charge >= 0.3 is 0 Å². The summed E-state index contributed by atoms with van der Waals surface area (Å²) in [5, 5.41) is 7.84. The first kappa shape index (κ1) is 28.1. The van der Waals surface area contributed by atoms with Gasteiger partial charge in [0.25, 0.3) is 11.8 Å². The summed E-state index contributed by atoms with van der Waals surface area (Å²) >= 11 is 22.6. The molecule has 2 aromatic heterocycles. The standard InChI is InChI=1S/C26H22BrCl3N6O2/c1-26(2,14-31)35(25(38)15-7-4-3-5-8-15)19-12-16(28)11-18(30)22(19)33-24(37)20-13-21(27)34-36(20)23-17(29)9-6-10-32-23/h3-13H,14,31H2,1-2H3,(H,33,37). The molecule has 0 fully saturated rings. The van der Waals surface area contributed by atoms with E-state index in [9.17, 15) is 9.59 Å². The van der Waals surface area contributed by atoms with E-state index < -0.39 is 11.4 Å². The molecule has 0 aliphatic rings. The van der Waals surface area contributed by atoms with E-state index in [-0.39, 0.29) is 45.4 Å². The number of halogens is 4. The van der Waals surface area contributed by atoms with Crippen LogP contribution in [0.4, 0.5) is 11.4 Å². The fourth-order valence-corrected chi connectivity index (χ4v) is 4.86. The Labute approximate surface area is 242 Å². The Morgan fingerprint density at radius 3 is 2.42 bits per heavy atom. The van der Waals surface area contributed by atoms with Crippen LogP contribution in [0.1, 0.15) is 34.7 Å². The monoisotopic (exact) mass is 634 g/mol. The van der Waals surface area contributed by atoms with Gasteiger partial charge in [-0.3, -0.25) is 14.5 Å². The molecule has 0 saturated carbocycles. The number of hydrogen-bond acceptors (Lipinski definition) is 5. The number of nitrogens with zero attached hydrogens (tertiary/aromatic N) is 4. The van der Waals surface area contributed by atoms with Crippen LogP contribution in [-0.2, 0) is 0 Å². The molecule has 0 spiro atoms. The second-order valence-electron chi connectivity index (χ2n) is 8.83. The molecular weight excluding hydrogens is 615 g/mol. The van der Waals surface area contributed by atoms with E-state index in [0.29, 0.717) is 15.2 Å². The third-order valence-electron chi connectivity index (χ3n) is 5.69. The highest BCUT2D eigenvalue weighted by atomic mass is 79.9. The summed E-state index contributed by atoms with van der Waals surface area (Å²) in [5.41, 5.74) is 6.21. The highest BCUT2D eigenvalue weighted by molar-refractivity contribution is 9.10. The van der Waals surface area contributed by atoms with Crippen molar-refractivity contribution < 1.29 is 9.59 Å². The molecule has 2 aromatic carbocycles. The number of hydrogen-bond donors (Lipinski definition) is 2. The van der Waals surface area contributed by atoms with Crippen LogP contribution < -0.4 is 16.0 Å². The first-order chi connectivity index (χ1) is 18.0. The molecule has 0 radical (unpaired) electrons. The van der Waals surface area contributed by atoms with Gasteiger partial charge in [-0.1, -0.05) is 53.0 Å². The summed E-state index contributed by atoms with van der Waals surface area (Å²) in [7, 11) is 0. The minimum atomic E-state index is -0.882. The van der Waals surface area contributed by atoms with E-state index in [1.165, 1.54) is 27.9 Å². The van der Waals surface area contributed by atoms with Crippen LogP contribution in [0.2, 0.25) is 15.1 Å². The zero-order valence-electron chi connectivity index (χ0n) is 20.3. The highest BCUT2D eigenvalue weighted by Crippen LogP contribution is 2.40. The summed E-state index contributed by atoms with van der Waals surface area (Å²) in [5.74, 6) is -0.659. The van der Waals surface area contributed by atoms with E-state index in [0.717, 1.165) is 0 Å². The quantitative estimate of drug-likeness (QED) is 0.237. The van der Waals surface area contributed by atoms with Crippen LogP contribution in [0.5, 0.6) is 0 Å². The molecule has 4 rings (SSSR count). The molecule has 0 atom stereocenters. The molecule has 2 amide bonds. The fraction of sp³-hybridized carbons (Fsp3) is 0.154. The molecule has 0 bridgehead atoms. The predicted molar refractivity (Wildman–Crippen MR) is 155 cm³/mol. The molecule has 4 aromatic rings. The van der Waals surface area contributed by atoms with Gasteiger partial charge in [0.1, 0.15) is 10.3 Å². The van der Waals surface area contributed by atoms with Crippen LogP contribution >= 0.6 is 50.7 Å². The van der Waals surface area contributed by atoms with Crippen molar-refractivity contribution in [2.24, 2.45) is 5.73 Å². The van der Waals surface area contributed by atoms with E-state index >= 15 is 0 Å². The Balaban J connectivity index is 1.83. The predicted octanol–water partition coefficient (Wildman–Crippen LogP) is 6.63. The summed E-state index contributed by atoms with van der Waals surface area (Å²) in [6, 6.07) is 16.6. The van der Waals surface area contributed by atoms with E-state index in [1.54, 1.807) is 42.5 Å². The topological polar surface area (TPSA) is 106 Å². The Bertz CT molecular complexity index is 1510. The maximum Gasteiger partial charge on any atom is 0.274 e. The average molecular weight is 637 g/mol. The van der Waals surface area contributed by atoms with Gasteiger partial charge in [-0.15, -0.1) is 0 Å². The Morgan fingerprint density at radius 1 is 1.05 bits per heavy atom. The van der Waals surface area contributed by atoms with E-state index in [2.05, 4.69) is 31.3 Å². The number of pyridine rings is 1. The lowest BCUT2D eigenvalue weighted by Gasteiger charge is -2.39. The molecule has 3 N–H and O–H groups in total. The van der Waals surface area contributed by atoms with E-state index in [4.69, 9.17) is 40.5 Å². The number of benzene rings is 2. The molecule has 8 nitrogen and oxygen atoms in total. The number of carbonyl (C=O) groups is 2. The minimum absolute atomic E-state index is 0.112. The van der Waals surface area contributed by atoms with Gasteiger partial charge in [0, 0.05) is 29.4 Å². The van der Waals surface area contributed by atoms with Gasteiger partial charge in [-0.25, -0.2) is 9.67 Å². The highest BCUT2D eigenvalue weighted by Gasteiger charge is 2.35. The van der Waals surface area contributed by atoms with E-state index in [1.807, 2.05) is 19.9 Å². The van der Waals surface area contributed by atoms with Crippen molar-refractivity contribution in [3.63, 3.8) is 0 Å². The summed E-state index contributed by atoms with van der Waals surface area (Å²) in [6.07, 6.45) is 1.54.